The van der Waals surface area contributed by atoms with Crippen LogP contribution in [0.15, 0.2) is 0 Å². The molecule has 1 fully saturated rings. The average molecular weight is 227 g/mol. The molecule has 2 amide bonds. The molecule has 0 saturated carbocycles. The number of rotatable bonds is 5. The van der Waals surface area contributed by atoms with Gasteiger partial charge in [0.2, 0.25) is 11.8 Å². The van der Waals surface area contributed by atoms with E-state index in [4.69, 9.17) is 0 Å². The summed E-state index contributed by atoms with van der Waals surface area (Å²) in [5, 5.41) is 5.43. The zero-order valence-electron chi connectivity index (χ0n) is 9.92. The third-order valence-corrected chi connectivity index (χ3v) is 2.64. The van der Waals surface area contributed by atoms with Crippen molar-refractivity contribution in [1.29, 1.82) is 0 Å². The van der Waals surface area contributed by atoms with Crippen molar-refractivity contribution in [2.45, 2.75) is 26.2 Å². The minimum absolute atomic E-state index is 0.0484. The molecule has 16 heavy (non-hydrogen) atoms. The summed E-state index contributed by atoms with van der Waals surface area (Å²) in [6, 6.07) is 0. The minimum atomic E-state index is -0.0646. The lowest BCUT2D eigenvalue weighted by atomic mass is 10.1. The van der Waals surface area contributed by atoms with Gasteiger partial charge in [-0.3, -0.25) is 14.5 Å². The monoisotopic (exact) mass is 227 g/mol. The first-order valence-corrected chi connectivity index (χ1v) is 5.92. The SMILES string of the molecule is CC(=O)NCCNC(=O)CN1CCCCC1. The van der Waals surface area contributed by atoms with Crippen molar-refractivity contribution >= 4 is 11.8 Å². The molecule has 0 radical (unpaired) electrons. The van der Waals surface area contributed by atoms with E-state index in [2.05, 4.69) is 15.5 Å². The van der Waals surface area contributed by atoms with Crippen LogP contribution in [0.2, 0.25) is 0 Å². The van der Waals surface area contributed by atoms with Crippen molar-refractivity contribution in [3.05, 3.63) is 0 Å². The molecule has 0 spiro atoms. The molecule has 1 aliphatic heterocycles. The average Bonchev–Trinajstić information content (AvgIpc) is 2.25. The number of carbonyl (C=O) groups is 2. The summed E-state index contributed by atoms with van der Waals surface area (Å²) in [6.45, 7) is 5.02. The van der Waals surface area contributed by atoms with Crippen LogP contribution in [0.1, 0.15) is 26.2 Å². The summed E-state index contributed by atoms with van der Waals surface area (Å²) in [7, 11) is 0. The smallest absolute Gasteiger partial charge is 0.234 e. The van der Waals surface area contributed by atoms with Gasteiger partial charge in [0.1, 0.15) is 0 Å². The summed E-state index contributed by atoms with van der Waals surface area (Å²) in [5.41, 5.74) is 0. The van der Waals surface area contributed by atoms with Gasteiger partial charge in [0.15, 0.2) is 0 Å². The van der Waals surface area contributed by atoms with Gasteiger partial charge < -0.3 is 10.6 Å². The highest BCUT2D eigenvalue weighted by Gasteiger charge is 2.12. The van der Waals surface area contributed by atoms with Gasteiger partial charge in [-0.15, -0.1) is 0 Å². The van der Waals surface area contributed by atoms with Gasteiger partial charge in [-0.25, -0.2) is 0 Å². The summed E-state index contributed by atoms with van der Waals surface area (Å²) >= 11 is 0. The molecule has 1 saturated heterocycles. The molecule has 5 nitrogen and oxygen atoms in total. The predicted molar refractivity (Wildman–Crippen MR) is 62.0 cm³/mol. The molecule has 0 aromatic heterocycles. The molecule has 1 aliphatic rings. The number of hydrogen-bond donors (Lipinski definition) is 2. The Labute approximate surface area is 96.6 Å². The van der Waals surface area contributed by atoms with Crippen LogP contribution in [-0.4, -0.2) is 49.4 Å². The third kappa shape index (κ3) is 5.70. The summed E-state index contributed by atoms with van der Waals surface area (Å²) in [6.07, 6.45) is 3.67. The lowest BCUT2D eigenvalue weighted by Crippen LogP contribution is -2.42. The van der Waals surface area contributed by atoms with Crippen molar-refractivity contribution in [1.82, 2.24) is 15.5 Å². The molecule has 1 rings (SSSR count). The fourth-order valence-electron chi connectivity index (χ4n) is 1.82. The van der Waals surface area contributed by atoms with E-state index in [0.29, 0.717) is 19.6 Å². The highest BCUT2D eigenvalue weighted by atomic mass is 16.2. The molecule has 5 heteroatoms. The molecule has 1 heterocycles. The number of piperidine rings is 1. The van der Waals surface area contributed by atoms with E-state index >= 15 is 0 Å². The van der Waals surface area contributed by atoms with Gasteiger partial charge in [0.25, 0.3) is 0 Å². The first kappa shape index (κ1) is 13.0. The molecule has 2 N–H and O–H groups in total. The number of likely N-dealkylation sites (tertiary alicyclic amines) is 1. The molecular formula is C11H21N3O2. The van der Waals surface area contributed by atoms with Crippen molar-refractivity contribution < 1.29 is 9.59 Å². The number of amides is 2. The lowest BCUT2D eigenvalue weighted by Gasteiger charge is -2.25. The second-order valence-corrected chi connectivity index (χ2v) is 4.17. The summed E-state index contributed by atoms with van der Waals surface area (Å²) < 4.78 is 0. The highest BCUT2D eigenvalue weighted by Crippen LogP contribution is 2.07. The van der Waals surface area contributed by atoms with E-state index in [0.717, 1.165) is 13.1 Å². The van der Waals surface area contributed by atoms with E-state index in [1.165, 1.54) is 26.2 Å². The number of nitrogens with zero attached hydrogens (tertiary/aromatic N) is 1. The Morgan fingerprint density at radius 3 is 2.31 bits per heavy atom. The Morgan fingerprint density at radius 2 is 1.69 bits per heavy atom. The van der Waals surface area contributed by atoms with Gasteiger partial charge >= 0.3 is 0 Å². The van der Waals surface area contributed by atoms with E-state index in [-0.39, 0.29) is 11.8 Å². The number of nitrogens with one attached hydrogen (secondary N) is 2. The minimum Gasteiger partial charge on any atom is -0.355 e. The quantitative estimate of drug-likeness (QED) is 0.635. The van der Waals surface area contributed by atoms with Crippen LogP contribution in [0.3, 0.4) is 0 Å². The maximum absolute atomic E-state index is 11.5. The first-order chi connectivity index (χ1) is 7.68. The van der Waals surface area contributed by atoms with E-state index in [9.17, 15) is 9.59 Å². The van der Waals surface area contributed by atoms with Crippen LogP contribution in [0.25, 0.3) is 0 Å². The molecule has 92 valence electrons. The Balaban J connectivity index is 2.03. The maximum atomic E-state index is 11.5. The van der Waals surface area contributed by atoms with Crippen molar-refractivity contribution in [3.63, 3.8) is 0 Å². The van der Waals surface area contributed by atoms with Crippen LogP contribution in [-0.2, 0) is 9.59 Å². The van der Waals surface area contributed by atoms with E-state index in [1.54, 1.807) is 0 Å². The normalized spacial score (nSPS) is 16.8. The molecular weight excluding hydrogens is 206 g/mol. The van der Waals surface area contributed by atoms with Crippen molar-refractivity contribution in [2.75, 3.05) is 32.7 Å². The fourth-order valence-corrected chi connectivity index (χ4v) is 1.82. The van der Waals surface area contributed by atoms with Crippen LogP contribution in [0.4, 0.5) is 0 Å². The van der Waals surface area contributed by atoms with Crippen molar-refractivity contribution in [2.24, 2.45) is 0 Å². The summed E-state index contributed by atoms with van der Waals surface area (Å²) in [5.74, 6) is -0.0162. The Kier molecular flexibility index (Phi) is 5.85. The molecule has 0 atom stereocenters. The zero-order valence-corrected chi connectivity index (χ0v) is 9.92. The van der Waals surface area contributed by atoms with Gasteiger partial charge in [0, 0.05) is 20.0 Å². The molecule has 0 aliphatic carbocycles. The predicted octanol–water partition coefficient (Wildman–Crippen LogP) is -0.275. The second kappa shape index (κ2) is 7.22. The van der Waals surface area contributed by atoms with Gasteiger partial charge in [-0.05, 0) is 25.9 Å². The Bertz CT molecular complexity index is 237. The maximum Gasteiger partial charge on any atom is 0.234 e. The lowest BCUT2D eigenvalue weighted by molar-refractivity contribution is -0.123. The number of hydrogen-bond acceptors (Lipinski definition) is 3. The fraction of sp³-hybridized carbons (Fsp3) is 0.818. The number of carbonyl (C=O) groups excluding carboxylic acids is 2. The van der Waals surface area contributed by atoms with E-state index in [1.807, 2.05) is 0 Å². The molecule has 0 unspecified atom stereocenters. The molecule has 0 aromatic carbocycles. The standard InChI is InChI=1S/C11H21N3O2/c1-10(15)12-5-6-13-11(16)9-14-7-3-2-4-8-14/h2-9H2,1H3,(H,12,15)(H,13,16). The topological polar surface area (TPSA) is 61.4 Å². The molecule has 0 bridgehead atoms. The van der Waals surface area contributed by atoms with Crippen LogP contribution >= 0.6 is 0 Å². The Morgan fingerprint density at radius 1 is 1.06 bits per heavy atom. The van der Waals surface area contributed by atoms with Gasteiger partial charge in [-0.2, -0.15) is 0 Å². The van der Waals surface area contributed by atoms with Gasteiger partial charge in [0.05, 0.1) is 6.54 Å². The molecule has 0 aromatic rings. The van der Waals surface area contributed by atoms with Crippen LogP contribution < -0.4 is 10.6 Å². The summed E-state index contributed by atoms with van der Waals surface area (Å²) in [4.78, 5) is 24.2. The van der Waals surface area contributed by atoms with Crippen molar-refractivity contribution in [3.8, 4) is 0 Å². The second-order valence-electron chi connectivity index (χ2n) is 4.17. The third-order valence-electron chi connectivity index (χ3n) is 2.64. The largest absolute Gasteiger partial charge is 0.355 e. The van der Waals surface area contributed by atoms with E-state index < -0.39 is 0 Å². The van der Waals surface area contributed by atoms with Gasteiger partial charge in [-0.1, -0.05) is 6.42 Å². The van der Waals surface area contributed by atoms with Crippen LogP contribution in [0, 0.1) is 0 Å². The first-order valence-electron chi connectivity index (χ1n) is 5.92. The van der Waals surface area contributed by atoms with Crippen LogP contribution in [0.5, 0.6) is 0 Å². The zero-order chi connectivity index (χ0) is 11.8. The Hall–Kier alpha value is -1.10. The highest BCUT2D eigenvalue weighted by molar-refractivity contribution is 5.78.